The molecule has 1 aliphatic heterocycles. The van der Waals surface area contributed by atoms with E-state index >= 15 is 0 Å². The first-order chi connectivity index (χ1) is 16.0. The fourth-order valence-electron chi connectivity index (χ4n) is 4.08. The highest BCUT2D eigenvalue weighted by molar-refractivity contribution is 6.51. The van der Waals surface area contributed by atoms with Crippen LogP contribution in [0.5, 0.6) is 11.5 Å². The second kappa shape index (κ2) is 9.20. The molecule has 168 valence electrons. The van der Waals surface area contributed by atoms with Crippen LogP contribution in [-0.4, -0.2) is 31.0 Å². The van der Waals surface area contributed by atoms with Gasteiger partial charge in [-0.15, -0.1) is 0 Å². The van der Waals surface area contributed by atoms with Gasteiger partial charge in [0.2, 0.25) is 0 Å². The van der Waals surface area contributed by atoms with E-state index < -0.39 is 17.7 Å². The third-order valence-electron chi connectivity index (χ3n) is 5.86. The predicted octanol–water partition coefficient (Wildman–Crippen LogP) is 4.89. The number of nitrogens with zero attached hydrogens (tertiary/aromatic N) is 1. The van der Waals surface area contributed by atoms with Gasteiger partial charge in [-0.1, -0.05) is 37.3 Å². The largest absolute Gasteiger partial charge is 0.507 e. The number of ether oxygens (including phenoxy) is 2. The quantitative estimate of drug-likeness (QED) is 0.333. The van der Waals surface area contributed by atoms with Crippen molar-refractivity contribution in [2.75, 3.05) is 19.1 Å². The lowest BCUT2D eigenvalue weighted by Gasteiger charge is -2.26. The molecule has 3 aromatic rings. The van der Waals surface area contributed by atoms with Gasteiger partial charge in [0, 0.05) is 16.8 Å². The molecular formula is C27H25NO5. The second-order valence-corrected chi connectivity index (χ2v) is 7.66. The summed E-state index contributed by atoms with van der Waals surface area (Å²) in [7, 11) is 3.08. The second-order valence-electron chi connectivity index (χ2n) is 7.66. The molecule has 4 rings (SSSR count). The van der Waals surface area contributed by atoms with Crippen molar-refractivity contribution in [3.63, 3.8) is 0 Å². The molecule has 0 radical (unpaired) electrons. The van der Waals surface area contributed by atoms with Crippen LogP contribution >= 0.6 is 0 Å². The van der Waals surface area contributed by atoms with E-state index in [1.54, 1.807) is 43.5 Å². The fraction of sp³-hybridized carbons (Fsp3) is 0.185. The van der Waals surface area contributed by atoms with Crippen molar-refractivity contribution < 1.29 is 24.2 Å². The Hall–Kier alpha value is -4.06. The molecule has 1 amide bonds. The number of amides is 1. The monoisotopic (exact) mass is 443 g/mol. The van der Waals surface area contributed by atoms with Crippen LogP contribution in [0.4, 0.5) is 5.69 Å². The van der Waals surface area contributed by atoms with E-state index in [-0.39, 0.29) is 11.3 Å². The highest BCUT2D eigenvalue weighted by atomic mass is 16.5. The summed E-state index contributed by atoms with van der Waals surface area (Å²) in [5.74, 6) is -0.576. The summed E-state index contributed by atoms with van der Waals surface area (Å²) in [6, 6.07) is 20.5. The molecule has 33 heavy (non-hydrogen) atoms. The molecule has 1 aliphatic rings. The van der Waals surface area contributed by atoms with Crippen molar-refractivity contribution in [1.29, 1.82) is 0 Å². The van der Waals surface area contributed by atoms with Crippen LogP contribution in [0.25, 0.3) is 5.76 Å². The Balaban J connectivity index is 1.93. The average molecular weight is 443 g/mol. The van der Waals surface area contributed by atoms with Gasteiger partial charge in [0.05, 0.1) is 25.8 Å². The average Bonchev–Trinajstić information content (AvgIpc) is 3.13. The molecule has 1 atom stereocenters. The van der Waals surface area contributed by atoms with Gasteiger partial charge < -0.3 is 14.6 Å². The van der Waals surface area contributed by atoms with E-state index in [4.69, 9.17) is 9.47 Å². The van der Waals surface area contributed by atoms with Crippen LogP contribution < -0.4 is 14.4 Å². The summed E-state index contributed by atoms with van der Waals surface area (Å²) in [5.41, 5.74) is 2.71. The molecule has 0 saturated carbocycles. The molecule has 6 heteroatoms. The Morgan fingerprint density at radius 2 is 1.58 bits per heavy atom. The van der Waals surface area contributed by atoms with Gasteiger partial charge in [-0.3, -0.25) is 14.5 Å². The van der Waals surface area contributed by atoms with Gasteiger partial charge in [-0.05, 0) is 54.4 Å². The minimum absolute atomic E-state index is 0.00855. The maximum absolute atomic E-state index is 13.3. The SMILES string of the molecule is CCc1ccc(N2C(=O)C(=O)/C(=C(\O)c3ccc(OC)cc3)C2c2ccccc2OC)cc1. The van der Waals surface area contributed by atoms with Crippen LogP contribution in [-0.2, 0) is 16.0 Å². The molecule has 1 fully saturated rings. The number of Topliss-reactive ketones (excluding diaryl/α,β-unsaturated/α-hetero) is 1. The third-order valence-corrected chi connectivity index (χ3v) is 5.86. The number of carbonyl (C=O) groups is 2. The maximum Gasteiger partial charge on any atom is 0.300 e. The molecule has 3 aromatic carbocycles. The number of rotatable bonds is 6. The van der Waals surface area contributed by atoms with Crippen molar-refractivity contribution in [3.8, 4) is 11.5 Å². The van der Waals surface area contributed by atoms with E-state index in [2.05, 4.69) is 0 Å². The molecule has 1 heterocycles. The van der Waals surface area contributed by atoms with Crippen molar-refractivity contribution in [3.05, 3.63) is 95.1 Å². The minimum Gasteiger partial charge on any atom is -0.507 e. The zero-order valence-corrected chi connectivity index (χ0v) is 18.7. The van der Waals surface area contributed by atoms with E-state index in [1.165, 1.54) is 12.0 Å². The van der Waals surface area contributed by atoms with E-state index in [0.717, 1.165) is 12.0 Å². The number of benzene rings is 3. The van der Waals surface area contributed by atoms with E-state index in [0.29, 0.717) is 28.3 Å². The Morgan fingerprint density at radius 1 is 0.909 bits per heavy atom. The van der Waals surface area contributed by atoms with Crippen LogP contribution in [0.3, 0.4) is 0 Å². The van der Waals surface area contributed by atoms with Crippen LogP contribution in [0.2, 0.25) is 0 Å². The smallest absolute Gasteiger partial charge is 0.300 e. The van der Waals surface area contributed by atoms with Crippen molar-refractivity contribution >= 4 is 23.1 Å². The van der Waals surface area contributed by atoms with Gasteiger partial charge >= 0.3 is 0 Å². The van der Waals surface area contributed by atoms with Crippen molar-refractivity contribution in [2.45, 2.75) is 19.4 Å². The number of hydrogen-bond acceptors (Lipinski definition) is 5. The molecule has 6 nitrogen and oxygen atoms in total. The number of hydrogen-bond donors (Lipinski definition) is 1. The number of methoxy groups -OCH3 is 2. The molecule has 1 N–H and O–H groups in total. The van der Waals surface area contributed by atoms with Gasteiger partial charge in [-0.25, -0.2) is 0 Å². The Morgan fingerprint density at radius 3 is 2.18 bits per heavy atom. The standard InChI is InChI=1S/C27H25NO5/c1-4-17-9-13-19(14-10-17)28-24(21-7-5-6-8-22(21)33-3)23(26(30)27(28)31)25(29)18-11-15-20(32-2)16-12-18/h5-16,24,29H,4H2,1-3H3/b25-23-. The Bertz CT molecular complexity index is 1210. The third kappa shape index (κ3) is 3.96. The number of aliphatic hydroxyl groups is 1. The van der Waals surface area contributed by atoms with Gasteiger partial charge in [-0.2, -0.15) is 0 Å². The van der Waals surface area contributed by atoms with Crippen molar-refractivity contribution in [2.24, 2.45) is 0 Å². The maximum atomic E-state index is 13.3. The predicted molar refractivity (Wildman–Crippen MR) is 127 cm³/mol. The summed E-state index contributed by atoms with van der Waals surface area (Å²) in [4.78, 5) is 27.9. The number of ketones is 1. The molecular weight excluding hydrogens is 418 g/mol. The van der Waals surface area contributed by atoms with Gasteiger partial charge in [0.15, 0.2) is 0 Å². The highest BCUT2D eigenvalue weighted by Crippen LogP contribution is 2.44. The van der Waals surface area contributed by atoms with Crippen LogP contribution in [0.15, 0.2) is 78.4 Å². The number of anilines is 1. The molecule has 1 saturated heterocycles. The first kappa shape index (κ1) is 22.1. The number of aliphatic hydroxyl groups excluding tert-OH is 1. The summed E-state index contributed by atoms with van der Waals surface area (Å²) >= 11 is 0. The summed E-state index contributed by atoms with van der Waals surface area (Å²) in [5, 5.41) is 11.2. The molecule has 1 unspecified atom stereocenters. The Labute approximate surface area is 192 Å². The van der Waals surface area contributed by atoms with Gasteiger partial charge in [0.1, 0.15) is 17.3 Å². The van der Waals surface area contributed by atoms with Crippen molar-refractivity contribution in [1.82, 2.24) is 0 Å². The fourth-order valence-corrected chi connectivity index (χ4v) is 4.08. The lowest BCUT2D eigenvalue weighted by atomic mass is 9.94. The topological polar surface area (TPSA) is 76.1 Å². The van der Waals surface area contributed by atoms with Gasteiger partial charge in [0.25, 0.3) is 11.7 Å². The first-order valence-corrected chi connectivity index (χ1v) is 10.7. The number of carbonyl (C=O) groups excluding carboxylic acids is 2. The first-order valence-electron chi connectivity index (χ1n) is 10.7. The molecule has 0 aliphatic carbocycles. The highest BCUT2D eigenvalue weighted by Gasteiger charge is 2.47. The van der Waals surface area contributed by atoms with Crippen LogP contribution in [0.1, 0.15) is 29.7 Å². The summed E-state index contributed by atoms with van der Waals surface area (Å²) in [6.07, 6.45) is 0.854. The molecule has 0 bridgehead atoms. The lowest BCUT2D eigenvalue weighted by Crippen LogP contribution is -2.29. The summed E-state index contributed by atoms with van der Waals surface area (Å²) in [6.45, 7) is 2.05. The van der Waals surface area contributed by atoms with E-state index in [1.807, 2.05) is 43.3 Å². The Kier molecular flexibility index (Phi) is 6.18. The van der Waals surface area contributed by atoms with Crippen LogP contribution in [0, 0.1) is 0 Å². The number of aryl methyl sites for hydroxylation is 1. The lowest BCUT2D eigenvalue weighted by molar-refractivity contribution is -0.132. The zero-order valence-electron chi connectivity index (χ0n) is 18.7. The normalized spacial score (nSPS) is 17.3. The zero-order chi connectivity index (χ0) is 23.5. The summed E-state index contributed by atoms with van der Waals surface area (Å²) < 4.78 is 10.7. The van der Waals surface area contributed by atoms with E-state index in [9.17, 15) is 14.7 Å². The minimum atomic E-state index is -0.851. The molecule has 0 aromatic heterocycles. The molecule has 0 spiro atoms. The number of para-hydroxylation sites is 1.